The van der Waals surface area contributed by atoms with Crippen LogP contribution in [0.2, 0.25) is 0 Å². The molecule has 0 atom stereocenters. The lowest BCUT2D eigenvalue weighted by Crippen LogP contribution is -2.24. The Labute approximate surface area is 184 Å². The predicted octanol–water partition coefficient (Wildman–Crippen LogP) is 7.96. The highest BCUT2D eigenvalue weighted by atomic mass is 14.3. The Hall–Kier alpha value is -2.34. The summed E-state index contributed by atoms with van der Waals surface area (Å²) in [6, 6.07) is 23.2. The van der Waals surface area contributed by atoms with Gasteiger partial charge in [0.25, 0.3) is 0 Å². The number of aryl methyl sites for hydroxylation is 4. The molecule has 3 aromatic carbocycles. The van der Waals surface area contributed by atoms with E-state index in [0.717, 1.165) is 12.8 Å². The first kappa shape index (κ1) is 22.3. The summed E-state index contributed by atoms with van der Waals surface area (Å²) < 4.78 is 0. The largest absolute Gasteiger partial charge is 0.0617 e. The van der Waals surface area contributed by atoms with Crippen LogP contribution in [0.1, 0.15) is 72.2 Å². The van der Waals surface area contributed by atoms with Gasteiger partial charge in [0.1, 0.15) is 0 Å². The first-order valence-corrected chi connectivity index (χ1v) is 11.2. The minimum Gasteiger partial charge on any atom is -0.0617 e. The summed E-state index contributed by atoms with van der Waals surface area (Å²) in [5.74, 6) is 0. The van der Waals surface area contributed by atoms with Crippen LogP contribution in [0.25, 0.3) is 0 Å². The highest BCUT2D eigenvalue weighted by molar-refractivity contribution is 5.38. The Balaban J connectivity index is 1.88. The first-order chi connectivity index (χ1) is 13.9. The van der Waals surface area contributed by atoms with Crippen molar-refractivity contribution in [2.45, 2.75) is 79.1 Å². The van der Waals surface area contributed by atoms with Gasteiger partial charge in [0.15, 0.2) is 0 Å². The van der Waals surface area contributed by atoms with E-state index in [1.807, 2.05) is 0 Å². The third-order valence-corrected chi connectivity index (χ3v) is 6.28. The fourth-order valence-electron chi connectivity index (χ4n) is 4.93. The zero-order chi connectivity index (χ0) is 22.1. The lowest BCUT2D eigenvalue weighted by molar-refractivity contribution is 0.504. The lowest BCUT2D eigenvalue weighted by Gasteiger charge is -2.30. The zero-order valence-corrected chi connectivity index (χ0v) is 20.2. The monoisotopic (exact) mass is 398 g/mol. The van der Waals surface area contributed by atoms with Crippen LogP contribution < -0.4 is 0 Å². The van der Waals surface area contributed by atoms with Crippen LogP contribution >= 0.6 is 0 Å². The summed E-state index contributed by atoms with van der Waals surface area (Å²) in [6.45, 7) is 18.3. The molecule has 0 nitrogen and oxygen atoms in total. The third kappa shape index (κ3) is 5.42. The van der Waals surface area contributed by atoms with Crippen molar-refractivity contribution in [1.82, 2.24) is 0 Å². The van der Waals surface area contributed by atoms with Crippen molar-refractivity contribution < 1.29 is 0 Å². The molecule has 0 aliphatic heterocycles. The van der Waals surface area contributed by atoms with E-state index in [-0.39, 0.29) is 10.8 Å². The SMILES string of the molecule is Cc1cc(C)cc(CC(C)(C)c2cccc(C(C)(C)Cc3cc(C)cc(C)c3)c2)c1. The molecule has 0 unspecified atom stereocenters. The molecule has 0 amide bonds. The Kier molecular flexibility index (Phi) is 6.27. The average Bonchev–Trinajstić information content (AvgIpc) is 2.59. The van der Waals surface area contributed by atoms with Crippen molar-refractivity contribution in [2.24, 2.45) is 0 Å². The Bertz CT molecular complexity index is 912. The minimum absolute atomic E-state index is 0.0895. The van der Waals surface area contributed by atoms with E-state index >= 15 is 0 Å². The second-order valence-corrected chi connectivity index (χ2v) is 10.7. The number of benzene rings is 3. The lowest BCUT2D eigenvalue weighted by atomic mass is 9.74. The molecule has 0 radical (unpaired) electrons. The third-order valence-electron chi connectivity index (χ3n) is 6.28. The molecule has 0 aliphatic carbocycles. The van der Waals surface area contributed by atoms with E-state index in [2.05, 4.69) is 116 Å². The van der Waals surface area contributed by atoms with Gasteiger partial charge in [-0.2, -0.15) is 0 Å². The fraction of sp³-hybridized carbons (Fsp3) is 0.400. The molecule has 30 heavy (non-hydrogen) atoms. The second-order valence-electron chi connectivity index (χ2n) is 10.7. The van der Waals surface area contributed by atoms with Crippen molar-refractivity contribution in [3.63, 3.8) is 0 Å². The topological polar surface area (TPSA) is 0 Å². The van der Waals surface area contributed by atoms with E-state index in [9.17, 15) is 0 Å². The van der Waals surface area contributed by atoms with E-state index in [4.69, 9.17) is 0 Å². The quantitative estimate of drug-likeness (QED) is 0.395. The molecule has 0 bridgehead atoms. The van der Waals surface area contributed by atoms with Gasteiger partial charge >= 0.3 is 0 Å². The van der Waals surface area contributed by atoms with Crippen LogP contribution in [0, 0.1) is 27.7 Å². The Morgan fingerprint density at radius 3 is 1.17 bits per heavy atom. The highest BCUT2D eigenvalue weighted by Gasteiger charge is 2.26. The molecule has 3 rings (SSSR count). The summed E-state index contributed by atoms with van der Waals surface area (Å²) in [4.78, 5) is 0. The van der Waals surface area contributed by atoms with Gasteiger partial charge in [-0.15, -0.1) is 0 Å². The fourth-order valence-corrected chi connectivity index (χ4v) is 4.93. The molecule has 0 heterocycles. The van der Waals surface area contributed by atoms with Crippen molar-refractivity contribution in [2.75, 3.05) is 0 Å². The number of hydrogen-bond donors (Lipinski definition) is 0. The molecule has 0 aromatic heterocycles. The molecular weight excluding hydrogens is 360 g/mol. The van der Waals surface area contributed by atoms with Crippen molar-refractivity contribution in [3.05, 3.63) is 105 Å². The van der Waals surface area contributed by atoms with Crippen LogP contribution in [0.15, 0.2) is 60.7 Å². The molecule has 3 aromatic rings. The van der Waals surface area contributed by atoms with E-state index in [1.165, 1.54) is 44.5 Å². The van der Waals surface area contributed by atoms with Gasteiger partial charge in [0.2, 0.25) is 0 Å². The molecule has 0 heteroatoms. The average molecular weight is 399 g/mol. The van der Waals surface area contributed by atoms with E-state index in [1.54, 1.807) is 0 Å². The molecule has 0 N–H and O–H groups in total. The first-order valence-electron chi connectivity index (χ1n) is 11.2. The standard InChI is InChI=1S/C30H38/c1-21-12-22(2)15-25(14-21)19-29(5,6)27-10-9-11-28(18-27)30(7,8)20-26-16-23(3)13-24(4)17-26/h9-18H,19-20H2,1-8H3. The van der Waals surface area contributed by atoms with Crippen LogP contribution in [-0.4, -0.2) is 0 Å². The van der Waals surface area contributed by atoms with Crippen LogP contribution in [0.5, 0.6) is 0 Å². The van der Waals surface area contributed by atoms with E-state index < -0.39 is 0 Å². The van der Waals surface area contributed by atoms with Gasteiger partial charge < -0.3 is 0 Å². The number of hydrogen-bond acceptors (Lipinski definition) is 0. The normalized spacial score (nSPS) is 12.3. The van der Waals surface area contributed by atoms with Gasteiger partial charge in [0.05, 0.1) is 0 Å². The second kappa shape index (κ2) is 8.42. The molecule has 0 saturated heterocycles. The van der Waals surface area contributed by atoms with Gasteiger partial charge in [-0.05, 0) is 73.6 Å². The van der Waals surface area contributed by atoms with Gasteiger partial charge in [-0.25, -0.2) is 0 Å². The van der Waals surface area contributed by atoms with Gasteiger partial charge in [-0.3, -0.25) is 0 Å². The summed E-state index contributed by atoms with van der Waals surface area (Å²) in [6.07, 6.45) is 2.10. The smallest absolute Gasteiger partial charge is 0.00631 e. The van der Waals surface area contributed by atoms with Crippen LogP contribution in [0.4, 0.5) is 0 Å². The maximum Gasteiger partial charge on any atom is -0.00631 e. The molecule has 0 saturated carbocycles. The maximum absolute atomic E-state index is 2.45. The molecule has 158 valence electrons. The molecular formula is C30H38. The summed E-state index contributed by atoms with van der Waals surface area (Å²) in [5.41, 5.74) is 11.3. The van der Waals surface area contributed by atoms with Crippen LogP contribution in [-0.2, 0) is 23.7 Å². The summed E-state index contributed by atoms with van der Waals surface area (Å²) in [7, 11) is 0. The minimum atomic E-state index is 0.0895. The van der Waals surface area contributed by atoms with Crippen LogP contribution in [0.3, 0.4) is 0 Å². The number of rotatable bonds is 6. The van der Waals surface area contributed by atoms with Crippen molar-refractivity contribution in [1.29, 1.82) is 0 Å². The highest BCUT2D eigenvalue weighted by Crippen LogP contribution is 2.34. The predicted molar refractivity (Wildman–Crippen MR) is 132 cm³/mol. The Morgan fingerprint density at radius 2 is 0.833 bits per heavy atom. The van der Waals surface area contributed by atoms with Crippen molar-refractivity contribution >= 4 is 0 Å². The molecule has 0 spiro atoms. The molecule has 0 aliphatic rings. The van der Waals surface area contributed by atoms with Gasteiger partial charge in [0, 0.05) is 0 Å². The Morgan fingerprint density at radius 1 is 0.500 bits per heavy atom. The van der Waals surface area contributed by atoms with Crippen molar-refractivity contribution in [3.8, 4) is 0 Å². The zero-order valence-electron chi connectivity index (χ0n) is 20.2. The van der Waals surface area contributed by atoms with Gasteiger partial charge in [-0.1, -0.05) is 111 Å². The maximum atomic E-state index is 2.45. The molecule has 0 fully saturated rings. The summed E-state index contributed by atoms with van der Waals surface area (Å²) >= 11 is 0. The van der Waals surface area contributed by atoms with E-state index in [0.29, 0.717) is 0 Å². The summed E-state index contributed by atoms with van der Waals surface area (Å²) in [5, 5.41) is 0.